The SMILES string of the molecule is CCN1C(=O)CC[C@]2(CN(C)C(=O)c3cnccn3)CCC[C@@H]12. The Morgan fingerprint density at radius 3 is 2.96 bits per heavy atom. The Morgan fingerprint density at radius 2 is 2.26 bits per heavy atom. The monoisotopic (exact) mass is 316 g/mol. The molecule has 1 aromatic heterocycles. The molecule has 1 aliphatic carbocycles. The topological polar surface area (TPSA) is 66.4 Å². The highest BCUT2D eigenvalue weighted by Gasteiger charge is 2.50. The molecule has 1 aromatic rings. The molecule has 0 spiro atoms. The van der Waals surface area contributed by atoms with Crippen LogP contribution in [0.3, 0.4) is 0 Å². The van der Waals surface area contributed by atoms with Crippen LogP contribution in [0.5, 0.6) is 0 Å². The Morgan fingerprint density at radius 1 is 1.43 bits per heavy atom. The van der Waals surface area contributed by atoms with E-state index in [2.05, 4.69) is 9.97 Å². The van der Waals surface area contributed by atoms with Crippen LogP contribution in [0.1, 0.15) is 49.5 Å². The third kappa shape index (κ3) is 2.82. The second-order valence-electron chi connectivity index (χ2n) is 6.70. The number of hydrogen-bond donors (Lipinski definition) is 0. The molecule has 2 fully saturated rings. The van der Waals surface area contributed by atoms with E-state index < -0.39 is 0 Å². The second kappa shape index (κ2) is 6.26. The summed E-state index contributed by atoms with van der Waals surface area (Å²) in [6, 6.07) is 0.269. The zero-order valence-corrected chi connectivity index (χ0v) is 13.9. The number of carbonyl (C=O) groups is 2. The number of likely N-dealkylation sites (tertiary alicyclic amines) is 1. The van der Waals surface area contributed by atoms with Gasteiger partial charge in [-0.3, -0.25) is 14.6 Å². The fourth-order valence-electron chi connectivity index (χ4n) is 4.38. The van der Waals surface area contributed by atoms with Crippen molar-refractivity contribution in [3.8, 4) is 0 Å². The summed E-state index contributed by atoms with van der Waals surface area (Å²) >= 11 is 0. The number of rotatable bonds is 4. The molecule has 2 amide bonds. The van der Waals surface area contributed by atoms with Gasteiger partial charge in [0.25, 0.3) is 5.91 Å². The molecule has 1 aliphatic heterocycles. The van der Waals surface area contributed by atoms with Crippen LogP contribution in [0.25, 0.3) is 0 Å². The summed E-state index contributed by atoms with van der Waals surface area (Å²) in [5.41, 5.74) is 0.413. The fourth-order valence-corrected chi connectivity index (χ4v) is 4.38. The minimum absolute atomic E-state index is 0.0382. The molecule has 23 heavy (non-hydrogen) atoms. The van der Waals surface area contributed by atoms with Crippen LogP contribution >= 0.6 is 0 Å². The van der Waals surface area contributed by atoms with Crippen molar-refractivity contribution in [1.29, 1.82) is 0 Å². The van der Waals surface area contributed by atoms with E-state index in [1.807, 2.05) is 18.9 Å². The molecule has 6 nitrogen and oxygen atoms in total. The van der Waals surface area contributed by atoms with Gasteiger partial charge < -0.3 is 9.80 Å². The number of amides is 2. The van der Waals surface area contributed by atoms with Gasteiger partial charge in [0.2, 0.25) is 5.91 Å². The molecule has 1 saturated carbocycles. The van der Waals surface area contributed by atoms with Crippen LogP contribution in [0.4, 0.5) is 0 Å². The lowest BCUT2D eigenvalue weighted by Gasteiger charge is -2.47. The predicted molar refractivity (Wildman–Crippen MR) is 85.7 cm³/mol. The summed E-state index contributed by atoms with van der Waals surface area (Å²) in [7, 11) is 1.83. The van der Waals surface area contributed by atoms with Crippen LogP contribution in [0.2, 0.25) is 0 Å². The molecule has 124 valence electrons. The first-order chi connectivity index (χ1) is 11.1. The molecule has 2 heterocycles. The molecule has 0 aromatic carbocycles. The van der Waals surface area contributed by atoms with Gasteiger partial charge >= 0.3 is 0 Å². The zero-order chi connectivity index (χ0) is 16.4. The van der Waals surface area contributed by atoms with Crippen molar-refractivity contribution in [2.45, 2.75) is 45.1 Å². The Balaban J connectivity index is 1.78. The Hall–Kier alpha value is -1.98. The van der Waals surface area contributed by atoms with Crippen LogP contribution in [0, 0.1) is 5.41 Å². The third-order valence-corrected chi connectivity index (χ3v) is 5.41. The molecule has 0 bridgehead atoms. The molecule has 3 rings (SSSR count). The highest BCUT2D eigenvalue weighted by molar-refractivity contribution is 5.91. The molecule has 0 N–H and O–H groups in total. The van der Waals surface area contributed by atoms with Crippen molar-refractivity contribution in [1.82, 2.24) is 19.8 Å². The highest BCUT2D eigenvalue weighted by atomic mass is 16.2. The normalized spacial score (nSPS) is 27.0. The summed E-state index contributed by atoms with van der Waals surface area (Å²) in [6.07, 6.45) is 9.34. The molecular formula is C17H24N4O2. The molecule has 2 atom stereocenters. The van der Waals surface area contributed by atoms with Crippen molar-refractivity contribution in [3.05, 3.63) is 24.3 Å². The van der Waals surface area contributed by atoms with Crippen molar-refractivity contribution in [3.63, 3.8) is 0 Å². The van der Waals surface area contributed by atoms with Crippen LogP contribution in [-0.2, 0) is 4.79 Å². The lowest BCUT2D eigenvalue weighted by atomic mass is 9.74. The molecule has 2 aliphatic rings. The average molecular weight is 316 g/mol. The maximum Gasteiger partial charge on any atom is 0.273 e. The number of aromatic nitrogens is 2. The first-order valence-corrected chi connectivity index (χ1v) is 8.38. The van der Waals surface area contributed by atoms with E-state index in [9.17, 15) is 9.59 Å². The van der Waals surface area contributed by atoms with E-state index in [4.69, 9.17) is 0 Å². The Bertz CT molecular complexity index is 592. The number of carbonyl (C=O) groups excluding carboxylic acids is 2. The Labute approximate surface area is 136 Å². The number of hydrogen-bond acceptors (Lipinski definition) is 4. The largest absolute Gasteiger partial charge is 0.340 e. The quantitative estimate of drug-likeness (QED) is 0.848. The van der Waals surface area contributed by atoms with E-state index in [1.54, 1.807) is 11.1 Å². The standard InChI is InChI=1S/C17H24N4O2/c1-3-21-14-5-4-7-17(14,8-6-15(21)22)12-20(2)16(23)13-11-18-9-10-19-13/h9-11,14H,3-8,12H2,1-2H3/t14-,17+/m1/s1. The molecule has 0 unspecified atom stereocenters. The van der Waals surface area contributed by atoms with E-state index in [1.165, 1.54) is 12.4 Å². The van der Waals surface area contributed by atoms with Gasteiger partial charge in [0.15, 0.2) is 0 Å². The van der Waals surface area contributed by atoms with E-state index >= 15 is 0 Å². The minimum atomic E-state index is -0.0990. The van der Waals surface area contributed by atoms with Gasteiger partial charge in [0.1, 0.15) is 5.69 Å². The first kappa shape index (κ1) is 15.9. The van der Waals surface area contributed by atoms with Crippen molar-refractivity contribution in [2.24, 2.45) is 5.41 Å². The number of fused-ring (bicyclic) bond motifs is 1. The smallest absolute Gasteiger partial charge is 0.273 e. The number of piperidine rings is 1. The summed E-state index contributed by atoms with van der Waals surface area (Å²) in [4.78, 5) is 36.6. The zero-order valence-electron chi connectivity index (χ0n) is 13.9. The van der Waals surface area contributed by atoms with Gasteiger partial charge in [-0.15, -0.1) is 0 Å². The highest BCUT2D eigenvalue weighted by Crippen LogP contribution is 2.48. The van der Waals surface area contributed by atoms with Gasteiger partial charge in [0.05, 0.1) is 6.20 Å². The van der Waals surface area contributed by atoms with E-state index in [0.29, 0.717) is 18.7 Å². The number of nitrogens with zero attached hydrogens (tertiary/aromatic N) is 4. The summed E-state index contributed by atoms with van der Waals surface area (Å²) in [5.74, 6) is 0.163. The van der Waals surface area contributed by atoms with Crippen molar-refractivity contribution in [2.75, 3.05) is 20.1 Å². The predicted octanol–water partition coefficient (Wildman–Crippen LogP) is 1.73. The second-order valence-corrected chi connectivity index (χ2v) is 6.70. The summed E-state index contributed by atoms with van der Waals surface area (Å²) in [5, 5.41) is 0. The molecule has 1 saturated heterocycles. The summed E-state index contributed by atoms with van der Waals surface area (Å²) in [6.45, 7) is 3.48. The lowest BCUT2D eigenvalue weighted by molar-refractivity contribution is -0.141. The van der Waals surface area contributed by atoms with Gasteiger partial charge in [-0.25, -0.2) is 4.98 Å². The maximum absolute atomic E-state index is 12.6. The fraction of sp³-hybridized carbons (Fsp3) is 0.647. The van der Waals surface area contributed by atoms with Gasteiger partial charge in [-0.05, 0) is 26.2 Å². The molecule has 6 heteroatoms. The summed E-state index contributed by atoms with van der Waals surface area (Å²) < 4.78 is 0. The van der Waals surface area contributed by atoms with Crippen molar-refractivity contribution >= 4 is 11.8 Å². The first-order valence-electron chi connectivity index (χ1n) is 8.38. The molecular weight excluding hydrogens is 292 g/mol. The van der Waals surface area contributed by atoms with Crippen LogP contribution in [-0.4, -0.2) is 57.8 Å². The van der Waals surface area contributed by atoms with Gasteiger partial charge in [-0.1, -0.05) is 6.42 Å². The van der Waals surface area contributed by atoms with Crippen LogP contribution in [0.15, 0.2) is 18.6 Å². The lowest BCUT2D eigenvalue weighted by Crippen LogP contribution is -2.56. The molecule has 0 radical (unpaired) electrons. The Kier molecular flexibility index (Phi) is 4.33. The average Bonchev–Trinajstić information content (AvgIpc) is 2.98. The minimum Gasteiger partial charge on any atom is -0.340 e. The maximum atomic E-state index is 12.6. The van der Waals surface area contributed by atoms with Gasteiger partial charge in [0, 0.05) is 50.4 Å². The van der Waals surface area contributed by atoms with Gasteiger partial charge in [-0.2, -0.15) is 0 Å². The third-order valence-electron chi connectivity index (χ3n) is 5.41. The van der Waals surface area contributed by atoms with Crippen molar-refractivity contribution < 1.29 is 9.59 Å². The van der Waals surface area contributed by atoms with Crippen LogP contribution < -0.4 is 0 Å². The van der Waals surface area contributed by atoms with E-state index in [-0.39, 0.29) is 23.3 Å². The van der Waals surface area contributed by atoms with E-state index in [0.717, 1.165) is 32.2 Å².